The highest BCUT2D eigenvalue weighted by Crippen LogP contribution is 2.31. The number of carbonyl (C=O) groups excluding carboxylic acids is 1. The van der Waals surface area contributed by atoms with Crippen LogP contribution >= 0.6 is 0 Å². The van der Waals surface area contributed by atoms with Crippen molar-refractivity contribution in [3.63, 3.8) is 0 Å². The number of anilines is 1. The number of carboxylic acids is 1. The van der Waals surface area contributed by atoms with E-state index in [9.17, 15) is 24.9 Å². The van der Waals surface area contributed by atoms with Gasteiger partial charge in [-0.05, 0) is 86.1 Å². The quantitative estimate of drug-likeness (QED) is 0.133. The Balaban J connectivity index is 1.56. The van der Waals surface area contributed by atoms with E-state index >= 15 is 0 Å². The molecule has 0 fully saturated rings. The molecular formula is C32H38N2O6. The van der Waals surface area contributed by atoms with E-state index in [1.807, 2.05) is 49.4 Å². The topological polar surface area (TPSA) is 129 Å². The van der Waals surface area contributed by atoms with E-state index in [2.05, 4.69) is 10.3 Å². The predicted octanol–water partition coefficient (Wildman–Crippen LogP) is 6.59. The summed E-state index contributed by atoms with van der Waals surface area (Å²) in [6.45, 7) is 6.05. The second kappa shape index (κ2) is 14.2. The van der Waals surface area contributed by atoms with Crippen LogP contribution in [0.25, 0.3) is 12.2 Å². The van der Waals surface area contributed by atoms with Crippen molar-refractivity contribution in [3.05, 3.63) is 77.0 Å². The molecule has 1 heterocycles. The molecule has 0 atom stereocenters. The largest absolute Gasteiger partial charge is 0.504 e. The zero-order chi connectivity index (χ0) is 29.1. The van der Waals surface area contributed by atoms with Gasteiger partial charge in [0.2, 0.25) is 11.8 Å². The van der Waals surface area contributed by atoms with Crippen molar-refractivity contribution in [2.24, 2.45) is 5.41 Å². The summed E-state index contributed by atoms with van der Waals surface area (Å²) in [7, 11) is 0. The highest BCUT2D eigenvalue weighted by molar-refractivity contribution is 5.94. The number of aliphatic carboxylic acids is 1. The third-order valence-electron chi connectivity index (χ3n) is 7.17. The predicted molar refractivity (Wildman–Crippen MR) is 156 cm³/mol. The van der Waals surface area contributed by atoms with E-state index in [1.165, 1.54) is 6.07 Å². The van der Waals surface area contributed by atoms with Crippen LogP contribution in [0, 0.1) is 12.3 Å². The number of amides is 1. The van der Waals surface area contributed by atoms with Gasteiger partial charge in [-0.25, -0.2) is 4.98 Å². The van der Waals surface area contributed by atoms with Crippen LogP contribution in [-0.4, -0.2) is 38.8 Å². The van der Waals surface area contributed by atoms with Crippen molar-refractivity contribution in [3.8, 4) is 17.4 Å². The molecule has 4 N–H and O–H groups in total. The highest BCUT2D eigenvalue weighted by atomic mass is 16.5. The van der Waals surface area contributed by atoms with Gasteiger partial charge in [0, 0.05) is 18.2 Å². The second-order valence-corrected chi connectivity index (χ2v) is 9.96. The fourth-order valence-corrected chi connectivity index (χ4v) is 4.39. The van der Waals surface area contributed by atoms with Gasteiger partial charge in [0.15, 0.2) is 11.5 Å². The van der Waals surface area contributed by atoms with Crippen LogP contribution < -0.4 is 10.1 Å². The lowest BCUT2D eigenvalue weighted by Crippen LogP contribution is -2.34. The maximum Gasteiger partial charge on any atom is 0.310 e. The lowest BCUT2D eigenvalue weighted by Gasteiger charge is -2.25. The average molecular weight is 547 g/mol. The van der Waals surface area contributed by atoms with E-state index in [0.717, 1.165) is 41.6 Å². The summed E-state index contributed by atoms with van der Waals surface area (Å²) >= 11 is 0. The Kier molecular flexibility index (Phi) is 10.7. The number of phenolic OH excluding ortho intramolecular Hbond substituents is 2. The standard InChI is InChI=1S/C32H38N2O6/c1-4-32(5-2,31(38)39)21-29(37)33-25-11-8-10-23(19-25)13-15-26-22(3)12-17-30(34-26)40-18-7-6-9-24-14-16-27(35)28(36)20-24/h8,10-17,19-20,35-36H,4-7,9,18,21H2,1-3H3,(H,33,37)(H,38,39). The first kappa shape index (κ1) is 30.2. The van der Waals surface area contributed by atoms with E-state index in [-0.39, 0.29) is 23.8 Å². The van der Waals surface area contributed by atoms with Crippen LogP contribution in [-0.2, 0) is 16.0 Å². The average Bonchev–Trinajstić information content (AvgIpc) is 2.93. The third-order valence-corrected chi connectivity index (χ3v) is 7.17. The Hall–Kier alpha value is -4.33. The second-order valence-electron chi connectivity index (χ2n) is 9.96. The number of carboxylic acid groups (broad SMARTS) is 1. The number of nitrogens with zero attached hydrogens (tertiary/aromatic N) is 1. The zero-order valence-electron chi connectivity index (χ0n) is 23.3. The molecule has 3 aromatic rings. The van der Waals surface area contributed by atoms with Gasteiger partial charge in [-0.2, -0.15) is 0 Å². The summed E-state index contributed by atoms with van der Waals surface area (Å²) in [5, 5.41) is 31.5. The number of pyridine rings is 1. The minimum absolute atomic E-state index is 0.0777. The summed E-state index contributed by atoms with van der Waals surface area (Å²) in [5.74, 6) is -0.975. The SMILES string of the molecule is CCC(CC)(CC(=O)Nc1cccc(C=Cc2nc(OCCCCc3ccc(O)c(O)c3)ccc2C)c1)C(=O)O. The summed E-state index contributed by atoms with van der Waals surface area (Å²) in [6, 6.07) is 16.0. The summed E-state index contributed by atoms with van der Waals surface area (Å²) < 4.78 is 5.85. The van der Waals surface area contributed by atoms with Crippen LogP contribution in [0.3, 0.4) is 0 Å². The number of aryl methyl sites for hydroxylation is 2. The number of ether oxygens (including phenoxy) is 1. The van der Waals surface area contributed by atoms with Gasteiger partial charge in [-0.3, -0.25) is 9.59 Å². The number of hydrogen-bond acceptors (Lipinski definition) is 6. The van der Waals surface area contributed by atoms with Gasteiger partial charge in [0.25, 0.3) is 0 Å². The molecule has 0 unspecified atom stereocenters. The van der Waals surface area contributed by atoms with Crippen LogP contribution in [0.2, 0.25) is 0 Å². The molecule has 2 aromatic carbocycles. The zero-order valence-corrected chi connectivity index (χ0v) is 23.3. The van der Waals surface area contributed by atoms with Crippen LogP contribution in [0.15, 0.2) is 54.6 Å². The molecule has 8 nitrogen and oxygen atoms in total. The molecule has 1 amide bonds. The summed E-state index contributed by atoms with van der Waals surface area (Å²) in [4.78, 5) is 29.0. The molecule has 0 spiro atoms. The lowest BCUT2D eigenvalue weighted by atomic mass is 9.79. The Morgan fingerprint density at radius 3 is 2.45 bits per heavy atom. The number of phenols is 2. The van der Waals surface area contributed by atoms with Gasteiger partial charge in [0.05, 0.1) is 17.7 Å². The lowest BCUT2D eigenvalue weighted by molar-refractivity contribution is -0.151. The van der Waals surface area contributed by atoms with Crippen LogP contribution in [0.5, 0.6) is 17.4 Å². The maximum atomic E-state index is 12.6. The fourth-order valence-electron chi connectivity index (χ4n) is 4.39. The van der Waals surface area contributed by atoms with Crippen molar-refractivity contribution < 1.29 is 29.6 Å². The third kappa shape index (κ3) is 8.33. The smallest absolute Gasteiger partial charge is 0.310 e. The Morgan fingerprint density at radius 1 is 0.975 bits per heavy atom. The minimum atomic E-state index is -1.06. The molecule has 40 heavy (non-hydrogen) atoms. The molecule has 0 saturated carbocycles. The molecule has 212 valence electrons. The van der Waals surface area contributed by atoms with Crippen molar-refractivity contribution >= 4 is 29.7 Å². The number of aromatic nitrogens is 1. The number of hydrogen-bond donors (Lipinski definition) is 4. The highest BCUT2D eigenvalue weighted by Gasteiger charge is 2.37. The number of benzene rings is 2. The fraction of sp³-hybridized carbons (Fsp3) is 0.344. The van der Waals surface area contributed by atoms with Gasteiger partial charge >= 0.3 is 5.97 Å². The van der Waals surface area contributed by atoms with E-state index in [0.29, 0.717) is 31.0 Å². The number of carbonyl (C=O) groups is 2. The first-order chi connectivity index (χ1) is 19.2. The first-order valence-electron chi connectivity index (χ1n) is 13.6. The molecule has 0 bridgehead atoms. The molecule has 0 radical (unpaired) electrons. The van der Waals surface area contributed by atoms with E-state index in [4.69, 9.17) is 4.74 Å². The van der Waals surface area contributed by atoms with E-state index in [1.54, 1.807) is 32.0 Å². The van der Waals surface area contributed by atoms with Crippen molar-refractivity contribution in [1.29, 1.82) is 0 Å². The number of unbranched alkanes of at least 4 members (excludes halogenated alkanes) is 1. The molecule has 0 saturated heterocycles. The van der Waals surface area contributed by atoms with Crippen LogP contribution in [0.1, 0.15) is 68.3 Å². The molecule has 8 heteroatoms. The maximum absolute atomic E-state index is 12.6. The monoisotopic (exact) mass is 546 g/mol. The molecule has 0 aliphatic heterocycles. The van der Waals surface area contributed by atoms with Crippen molar-refractivity contribution in [1.82, 2.24) is 4.98 Å². The van der Waals surface area contributed by atoms with Crippen molar-refractivity contribution in [2.75, 3.05) is 11.9 Å². The minimum Gasteiger partial charge on any atom is -0.504 e. The Labute approximate surface area is 235 Å². The molecular weight excluding hydrogens is 508 g/mol. The number of aromatic hydroxyl groups is 2. The first-order valence-corrected chi connectivity index (χ1v) is 13.6. The van der Waals surface area contributed by atoms with Crippen molar-refractivity contribution in [2.45, 2.75) is 59.3 Å². The van der Waals surface area contributed by atoms with Gasteiger partial charge in [0.1, 0.15) is 0 Å². The molecule has 0 aliphatic rings. The number of rotatable bonds is 14. The summed E-state index contributed by atoms with van der Waals surface area (Å²) in [5.41, 5.74) is 3.11. The normalized spacial score (nSPS) is 11.5. The van der Waals surface area contributed by atoms with Gasteiger partial charge < -0.3 is 25.4 Å². The van der Waals surface area contributed by atoms with Crippen LogP contribution in [0.4, 0.5) is 5.69 Å². The molecule has 3 rings (SSSR count). The molecule has 1 aromatic heterocycles. The molecule has 0 aliphatic carbocycles. The number of nitrogens with one attached hydrogen (secondary N) is 1. The van der Waals surface area contributed by atoms with E-state index < -0.39 is 11.4 Å². The van der Waals surface area contributed by atoms with Gasteiger partial charge in [-0.1, -0.05) is 44.2 Å². The Morgan fingerprint density at radius 2 is 1.75 bits per heavy atom. The van der Waals surface area contributed by atoms with Gasteiger partial charge in [-0.15, -0.1) is 0 Å². The Bertz CT molecular complexity index is 1350. The summed E-state index contributed by atoms with van der Waals surface area (Å²) in [6.07, 6.45) is 6.93.